The summed E-state index contributed by atoms with van der Waals surface area (Å²) < 4.78 is 5.67. The van der Waals surface area contributed by atoms with Gasteiger partial charge in [0.1, 0.15) is 5.75 Å². The van der Waals surface area contributed by atoms with Crippen molar-refractivity contribution in [2.45, 2.75) is 76.0 Å². The van der Waals surface area contributed by atoms with E-state index in [1.54, 1.807) is 24.5 Å². The molecule has 9 nitrogen and oxygen atoms in total. The fourth-order valence-electron chi connectivity index (χ4n) is 6.91. The number of piperidine rings is 1. The maximum atomic E-state index is 13.9. The Hall–Kier alpha value is -3.43. The number of nitrogens with zero attached hydrogens (tertiary/aromatic N) is 5. The van der Waals surface area contributed by atoms with Crippen molar-refractivity contribution in [3.8, 4) is 11.8 Å². The number of hydrogen-bond donors (Lipinski definition) is 1. The summed E-state index contributed by atoms with van der Waals surface area (Å²) in [5, 5.41) is 9.92. The lowest BCUT2D eigenvalue weighted by atomic mass is 9.89. The number of likely N-dealkylation sites (tertiary alicyclic amines) is 1. The van der Waals surface area contributed by atoms with Crippen LogP contribution in [0.15, 0.2) is 59.9 Å². The lowest BCUT2D eigenvalue weighted by Gasteiger charge is -2.40. The summed E-state index contributed by atoms with van der Waals surface area (Å²) in [6.07, 6.45) is 18.4. The predicted molar refractivity (Wildman–Crippen MR) is 160 cm³/mol. The molecule has 3 fully saturated rings. The van der Waals surface area contributed by atoms with E-state index in [1.165, 1.54) is 31.4 Å². The summed E-state index contributed by atoms with van der Waals surface area (Å²) in [5.41, 5.74) is 1.19. The van der Waals surface area contributed by atoms with Crippen LogP contribution in [0.4, 0.5) is 4.79 Å². The molecule has 4 aliphatic rings. The Morgan fingerprint density at radius 2 is 1.71 bits per heavy atom. The first-order chi connectivity index (χ1) is 20.4. The number of carbonyl (C=O) groups is 2. The number of carboxylic acid groups (broad SMARTS) is 1. The smallest absolute Gasteiger partial charge is 0.335 e. The Kier molecular flexibility index (Phi) is 8.76. The third-order valence-electron chi connectivity index (χ3n) is 9.13. The highest BCUT2D eigenvalue weighted by Crippen LogP contribution is 2.37. The molecule has 2 aliphatic carbocycles. The van der Waals surface area contributed by atoms with E-state index in [4.69, 9.17) is 21.4 Å². The molecule has 0 bridgehead atoms. The number of ether oxygens (including phenoxy) is 1. The standard InChI is InChI=1S/C32H38ClN5O4/c33-25-6-4-5-24(17-25)29-21-37(26-7-2-1-3-8-26)32(41)38(29)27-13-15-36(16-14-27)20-22-18-34-31(35-19-22)42-28-11-9-23(10-12-28)30(39)40/h4-6,9-12,18-19,24,26-27,29H,1-3,7-8,13-17,20-21H2,(H,39,40)/t24?,29-/m0/s1. The van der Waals surface area contributed by atoms with Crippen LogP contribution >= 0.6 is 11.6 Å². The maximum absolute atomic E-state index is 13.9. The lowest BCUT2D eigenvalue weighted by Crippen LogP contribution is -2.51. The zero-order chi connectivity index (χ0) is 29.1. The number of aromatic carboxylic acids is 1. The van der Waals surface area contributed by atoms with Gasteiger partial charge < -0.3 is 19.6 Å². The van der Waals surface area contributed by atoms with Crippen molar-refractivity contribution >= 4 is 23.6 Å². The molecule has 42 heavy (non-hydrogen) atoms. The third-order valence-corrected chi connectivity index (χ3v) is 9.41. The van der Waals surface area contributed by atoms with E-state index in [1.807, 2.05) is 6.08 Å². The number of benzene rings is 1. The SMILES string of the molecule is O=C(O)c1ccc(Oc2ncc(CN3CCC(N4C(=O)N(C5CCCCC5)C[C@H]4C4C=CC=C(Cl)C4)CC3)cn2)cc1. The van der Waals surface area contributed by atoms with E-state index in [2.05, 4.69) is 36.8 Å². The van der Waals surface area contributed by atoms with Crippen LogP contribution in [-0.4, -0.2) is 79.5 Å². The zero-order valence-corrected chi connectivity index (χ0v) is 24.5. The number of carboxylic acids is 1. The van der Waals surface area contributed by atoms with Crippen LogP contribution in [0.3, 0.4) is 0 Å². The minimum Gasteiger partial charge on any atom is -0.478 e. The van der Waals surface area contributed by atoms with Gasteiger partial charge in [0.2, 0.25) is 0 Å². The zero-order valence-electron chi connectivity index (χ0n) is 23.8. The Bertz CT molecular complexity index is 1320. The molecule has 0 spiro atoms. The van der Waals surface area contributed by atoms with Crippen molar-refractivity contribution in [2.75, 3.05) is 19.6 Å². The van der Waals surface area contributed by atoms with Crippen molar-refractivity contribution in [3.63, 3.8) is 0 Å². The molecule has 2 atom stereocenters. The first kappa shape index (κ1) is 28.7. The molecule has 3 heterocycles. The molecule has 1 saturated carbocycles. The Balaban J connectivity index is 1.06. The molecule has 1 N–H and O–H groups in total. The average molecular weight is 592 g/mol. The van der Waals surface area contributed by atoms with Gasteiger partial charge in [-0.05, 0) is 62.4 Å². The fourth-order valence-corrected chi connectivity index (χ4v) is 7.17. The molecule has 10 heteroatoms. The van der Waals surface area contributed by atoms with Gasteiger partial charge in [-0.15, -0.1) is 0 Å². The van der Waals surface area contributed by atoms with Crippen LogP contribution in [0.25, 0.3) is 0 Å². The van der Waals surface area contributed by atoms with Crippen molar-refractivity contribution < 1.29 is 19.4 Å². The van der Waals surface area contributed by atoms with Crippen LogP contribution in [0.5, 0.6) is 11.8 Å². The molecule has 2 saturated heterocycles. The van der Waals surface area contributed by atoms with Gasteiger partial charge in [0.25, 0.3) is 0 Å². The van der Waals surface area contributed by atoms with E-state index in [-0.39, 0.29) is 35.6 Å². The minimum atomic E-state index is -0.983. The summed E-state index contributed by atoms with van der Waals surface area (Å²) in [6, 6.07) is 7.35. The van der Waals surface area contributed by atoms with Crippen molar-refractivity contribution in [3.05, 3.63) is 71.0 Å². The quantitative estimate of drug-likeness (QED) is 0.398. The molecule has 2 aliphatic heterocycles. The highest BCUT2D eigenvalue weighted by atomic mass is 35.5. The van der Waals surface area contributed by atoms with Gasteiger partial charge >= 0.3 is 18.0 Å². The van der Waals surface area contributed by atoms with E-state index < -0.39 is 5.97 Å². The Labute approximate surface area is 251 Å². The van der Waals surface area contributed by atoms with E-state index in [0.717, 1.165) is 68.9 Å². The van der Waals surface area contributed by atoms with E-state index >= 15 is 0 Å². The molecule has 1 aromatic carbocycles. The maximum Gasteiger partial charge on any atom is 0.335 e. The summed E-state index contributed by atoms with van der Waals surface area (Å²) >= 11 is 6.46. The molecule has 0 radical (unpaired) electrons. The molecular weight excluding hydrogens is 554 g/mol. The normalized spacial score (nSPS) is 24.2. The number of hydrogen-bond acceptors (Lipinski definition) is 6. The van der Waals surface area contributed by atoms with Gasteiger partial charge in [-0.3, -0.25) is 4.90 Å². The molecular formula is C32H38ClN5O4. The highest BCUT2D eigenvalue weighted by Gasteiger charge is 2.47. The van der Waals surface area contributed by atoms with Crippen molar-refractivity contribution in [2.24, 2.45) is 5.92 Å². The van der Waals surface area contributed by atoms with Crippen LogP contribution in [0, 0.1) is 5.92 Å². The summed E-state index contributed by atoms with van der Waals surface area (Å²) in [7, 11) is 0. The van der Waals surface area contributed by atoms with Gasteiger partial charge in [0, 0.05) is 67.2 Å². The van der Waals surface area contributed by atoms with Crippen molar-refractivity contribution in [1.29, 1.82) is 0 Å². The van der Waals surface area contributed by atoms with Gasteiger partial charge in [0.05, 0.1) is 11.6 Å². The van der Waals surface area contributed by atoms with Crippen LogP contribution in [-0.2, 0) is 6.54 Å². The second kappa shape index (κ2) is 12.8. The molecule has 1 aromatic heterocycles. The number of amides is 2. The van der Waals surface area contributed by atoms with Gasteiger partial charge in [0.15, 0.2) is 0 Å². The Morgan fingerprint density at radius 1 is 1.00 bits per heavy atom. The van der Waals surface area contributed by atoms with Gasteiger partial charge in [-0.25, -0.2) is 19.6 Å². The van der Waals surface area contributed by atoms with Crippen LogP contribution in [0.2, 0.25) is 0 Å². The number of rotatable bonds is 8. The number of aromatic nitrogens is 2. The van der Waals surface area contributed by atoms with Crippen LogP contribution < -0.4 is 4.74 Å². The second-order valence-electron chi connectivity index (χ2n) is 11.9. The average Bonchev–Trinajstić information content (AvgIpc) is 3.36. The second-order valence-corrected chi connectivity index (χ2v) is 12.4. The molecule has 2 amide bonds. The van der Waals surface area contributed by atoms with Gasteiger partial charge in [-0.2, -0.15) is 0 Å². The molecule has 6 rings (SSSR count). The van der Waals surface area contributed by atoms with Crippen LogP contribution in [0.1, 0.15) is 67.3 Å². The first-order valence-corrected chi connectivity index (χ1v) is 15.5. The summed E-state index contributed by atoms with van der Waals surface area (Å²) in [5.74, 6) is -0.247. The number of carbonyl (C=O) groups excluding carboxylic acids is 1. The molecule has 222 valence electrons. The minimum absolute atomic E-state index is 0.163. The van der Waals surface area contributed by atoms with Crippen molar-refractivity contribution in [1.82, 2.24) is 24.7 Å². The fraction of sp³-hybridized carbons (Fsp3) is 0.500. The van der Waals surface area contributed by atoms with E-state index in [0.29, 0.717) is 11.8 Å². The number of allylic oxidation sites excluding steroid dienone is 3. The number of halogens is 1. The monoisotopic (exact) mass is 591 g/mol. The number of urea groups is 1. The summed E-state index contributed by atoms with van der Waals surface area (Å²) in [6.45, 7) is 3.34. The topological polar surface area (TPSA) is 99.1 Å². The molecule has 1 unspecified atom stereocenters. The van der Waals surface area contributed by atoms with E-state index in [9.17, 15) is 9.59 Å². The van der Waals surface area contributed by atoms with Gasteiger partial charge in [-0.1, -0.05) is 43.0 Å². The summed E-state index contributed by atoms with van der Waals surface area (Å²) in [4.78, 5) is 40.5. The first-order valence-electron chi connectivity index (χ1n) is 15.1. The predicted octanol–water partition coefficient (Wildman–Crippen LogP) is 6.07. The Morgan fingerprint density at radius 3 is 2.38 bits per heavy atom. The highest BCUT2D eigenvalue weighted by molar-refractivity contribution is 6.29. The lowest BCUT2D eigenvalue weighted by molar-refractivity contribution is 0.0696. The molecule has 2 aromatic rings. The third kappa shape index (κ3) is 6.47. The largest absolute Gasteiger partial charge is 0.478 e.